The summed E-state index contributed by atoms with van der Waals surface area (Å²) in [6.07, 6.45) is 0. The quantitative estimate of drug-likeness (QED) is 0.935. The van der Waals surface area contributed by atoms with Crippen LogP contribution in [0.4, 0.5) is 0 Å². The Balaban J connectivity index is 2.17. The van der Waals surface area contributed by atoms with Gasteiger partial charge in [-0.3, -0.25) is 4.79 Å². The molecule has 0 spiro atoms. The molecular formula is C14H11Cl2NO2. The van der Waals surface area contributed by atoms with Crippen LogP contribution >= 0.6 is 23.2 Å². The van der Waals surface area contributed by atoms with Crippen molar-refractivity contribution in [2.24, 2.45) is 5.73 Å². The zero-order valence-electron chi connectivity index (χ0n) is 9.90. The fourth-order valence-electron chi connectivity index (χ4n) is 1.61. The lowest BCUT2D eigenvalue weighted by atomic mass is 10.2. The van der Waals surface area contributed by atoms with Crippen molar-refractivity contribution >= 4 is 29.1 Å². The molecule has 0 unspecified atom stereocenters. The van der Waals surface area contributed by atoms with Crippen LogP contribution in [-0.2, 0) is 6.61 Å². The van der Waals surface area contributed by atoms with Gasteiger partial charge in [-0.1, -0.05) is 35.3 Å². The van der Waals surface area contributed by atoms with Gasteiger partial charge in [0.15, 0.2) is 0 Å². The lowest BCUT2D eigenvalue weighted by Gasteiger charge is -2.10. The van der Waals surface area contributed by atoms with E-state index in [0.717, 1.165) is 5.56 Å². The van der Waals surface area contributed by atoms with E-state index in [1.165, 1.54) is 6.07 Å². The van der Waals surface area contributed by atoms with Crippen LogP contribution in [0.1, 0.15) is 15.9 Å². The van der Waals surface area contributed by atoms with Crippen molar-refractivity contribution in [3.8, 4) is 5.75 Å². The van der Waals surface area contributed by atoms with E-state index in [1.54, 1.807) is 24.3 Å². The first-order valence-electron chi connectivity index (χ1n) is 5.53. The van der Waals surface area contributed by atoms with E-state index in [0.29, 0.717) is 22.4 Å². The highest BCUT2D eigenvalue weighted by Gasteiger charge is 2.10. The van der Waals surface area contributed by atoms with Crippen LogP contribution in [0, 0.1) is 0 Å². The zero-order valence-corrected chi connectivity index (χ0v) is 11.4. The predicted octanol–water partition coefficient (Wildman–Crippen LogP) is 3.67. The summed E-state index contributed by atoms with van der Waals surface area (Å²) in [5, 5.41) is 1.07. The van der Waals surface area contributed by atoms with Crippen LogP contribution in [0.2, 0.25) is 10.0 Å². The van der Waals surface area contributed by atoms with Crippen LogP contribution in [0.15, 0.2) is 42.5 Å². The Morgan fingerprint density at radius 1 is 1.11 bits per heavy atom. The van der Waals surface area contributed by atoms with Gasteiger partial charge in [0.25, 0.3) is 5.91 Å². The fraction of sp³-hybridized carbons (Fsp3) is 0.0714. The van der Waals surface area contributed by atoms with E-state index in [2.05, 4.69) is 0 Å². The van der Waals surface area contributed by atoms with Crippen molar-refractivity contribution in [3.05, 3.63) is 63.6 Å². The van der Waals surface area contributed by atoms with Crippen molar-refractivity contribution in [2.45, 2.75) is 6.61 Å². The molecule has 0 heterocycles. The van der Waals surface area contributed by atoms with Gasteiger partial charge in [0.1, 0.15) is 12.4 Å². The summed E-state index contributed by atoms with van der Waals surface area (Å²) in [6.45, 7) is 0.294. The Kier molecular flexibility index (Phi) is 4.30. The maximum atomic E-state index is 11.3. The number of halogens is 2. The van der Waals surface area contributed by atoms with Gasteiger partial charge in [0.05, 0.1) is 5.56 Å². The van der Waals surface area contributed by atoms with Crippen LogP contribution in [0.25, 0.3) is 0 Å². The summed E-state index contributed by atoms with van der Waals surface area (Å²) in [7, 11) is 0. The number of ether oxygens (including phenoxy) is 1. The second-order valence-corrected chi connectivity index (χ2v) is 4.80. The van der Waals surface area contributed by atoms with Crippen molar-refractivity contribution < 1.29 is 9.53 Å². The van der Waals surface area contributed by atoms with Crippen LogP contribution in [0.3, 0.4) is 0 Å². The lowest BCUT2D eigenvalue weighted by molar-refractivity contribution is 0.0996. The van der Waals surface area contributed by atoms with Crippen LogP contribution in [-0.4, -0.2) is 5.91 Å². The molecule has 98 valence electrons. The fourth-order valence-corrected chi connectivity index (χ4v) is 1.99. The lowest BCUT2D eigenvalue weighted by Crippen LogP contribution is -2.13. The normalized spacial score (nSPS) is 10.2. The highest BCUT2D eigenvalue weighted by Crippen LogP contribution is 2.23. The molecule has 0 aromatic heterocycles. The number of carbonyl (C=O) groups excluding carboxylic acids is 1. The topological polar surface area (TPSA) is 52.3 Å². The monoisotopic (exact) mass is 295 g/mol. The summed E-state index contributed by atoms with van der Waals surface area (Å²) in [5.74, 6) is -0.180. The van der Waals surface area contributed by atoms with E-state index >= 15 is 0 Å². The average molecular weight is 296 g/mol. The minimum absolute atomic E-state index is 0.259. The van der Waals surface area contributed by atoms with E-state index in [9.17, 15) is 4.79 Å². The number of primary amides is 1. The summed E-state index contributed by atoms with van der Waals surface area (Å²) in [4.78, 5) is 11.3. The maximum absolute atomic E-state index is 11.3. The molecule has 3 nitrogen and oxygen atoms in total. The Hall–Kier alpha value is -1.71. The SMILES string of the molecule is NC(=O)c1cc(Cl)ccc1OCc1cccc(Cl)c1. The molecule has 5 heteroatoms. The Morgan fingerprint density at radius 2 is 1.84 bits per heavy atom. The van der Waals surface area contributed by atoms with Gasteiger partial charge in [-0.25, -0.2) is 0 Å². The number of amides is 1. The molecule has 0 saturated heterocycles. The van der Waals surface area contributed by atoms with E-state index in [4.69, 9.17) is 33.7 Å². The second-order valence-electron chi connectivity index (χ2n) is 3.92. The third-order valence-electron chi connectivity index (χ3n) is 2.49. The molecular weight excluding hydrogens is 285 g/mol. The van der Waals surface area contributed by atoms with Crippen LogP contribution in [0.5, 0.6) is 5.75 Å². The molecule has 0 fully saturated rings. The van der Waals surface area contributed by atoms with Gasteiger partial charge < -0.3 is 10.5 Å². The number of nitrogens with two attached hydrogens (primary N) is 1. The molecule has 2 N–H and O–H groups in total. The van der Waals surface area contributed by atoms with Crippen molar-refractivity contribution in [1.29, 1.82) is 0 Å². The zero-order chi connectivity index (χ0) is 13.8. The largest absolute Gasteiger partial charge is 0.488 e. The Labute approximate surface area is 120 Å². The maximum Gasteiger partial charge on any atom is 0.252 e. The smallest absolute Gasteiger partial charge is 0.252 e. The van der Waals surface area contributed by atoms with Crippen molar-refractivity contribution in [3.63, 3.8) is 0 Å². The summed E-state index contributed by atoms with van der Waals surface area (Å²) in [5.41, 5.74) is 6.44. The number of carbonyl (C=O) groups is 1. The second kappa shape index (κ2) is 5.95. The standard InChI is InChI=1S/C14H11Cl2NO2/c15-10-3-1-2-9(6-10)8-19-13-5-4-11(16)7-12(13)14(17)18/h1-7H,8H2,(H2,17,18). The summed E-state index contributed by atoms with van der Waals surface area (Å²) in [6, 6.07) is 12.0. The molecule has 2 aromatic carbocycles. The number of benzene rings is 2. The minimum atomic E-state index is -0.580. The third-order valence-corrected chi connectivity index (χ3v) is 2.96. The van der Waals surface area contributed by atoms with Crippen molar-refractivity contribution in [1.82, 2.24) is 0 Å². The van der Waals surface area contributed by atoms with E-state index < -0.39 is 5.91 Å². The molecule has 0 atom stereocenters. The molecule has 2 rings (SSSR count). The van der Waals surface area contributed by atoms with Gasteiger partial charge in [0, 0.05) is 10.0 Å². The number of hydrogen-bond donors (Lipinski definition) is 1. The average Bonchev–Trinajstić information content (AvgIpc) is 2.37. The molecule has 2 aromatic rings. The number of hydrogen-bond acceptors (Lipinski definition) is 2. The molecule has 0 aliphatic carbocycles. The van der Waals surface area contributed by atoms with E-state index in [-0.39, 0.29) is 5.56 Å². The first-order valence-corrected chi connectivity index (χ1v) is 6.28. The van der Waals surface area contributed by atoms with Gasteiger partial charge in [-0.05, 0) is 35.9 Å². The van der Waals surface area contributed by atoms with E-state index in [1.807, 2.05) is 12.1 Å². The minimum Gasteiger partial charge on any atom is -0.488 e. The summed E-state index contributed by atoms with van der Waals surface area (Å²) >= 11 is 11.7. The van der Waals surface area contributed by atoms with Gasteiger partial charge in [-0.2, -0.15) is 0 Å². The molecule has 0 bridgehead atoms. The Morgan fingerprint density at radius 3 is 2.53 bits per heavy atom. The summed E-state index contributed by atoms with van der Waals surface area (Å²) < 4.78 is 5.58. The molecule has 0 radical (unpaired) electrons. The predicted molar refractivity (Wildman–Crippen MR) is 75.8 cm³/mol. The van der Waals surface area contributed by atoms with Gasteiger partial charge in [0.2, 0.25) is 0 Å². The number of rotatable bonds is 4. The first-order chi connectivity index (χ1) is 9.06. The van der Waals surface area contributed by atoms with Gasteiger partial charge >= 0.3 is 0 Å². The highest BCUT2D eigenvalue weighted by molar-refractivity contribution is 6.31. The molecule has 0 aliphatic heterocycles. The molecule has 1 amide bonds. The molecule has 0 saturated carbocycles. The third kappa shape index (κ3) is 3.63. The van der Waals surface area contributed by atoms with Crippen LogP contribution < -0.4 is 10.5 Å². The first kappa shape index (κ1) is 13.7. The molecule has 0 aliphatic rings. The molecule has 19 heavy (non-hydrogen) atoms. The van der Waals surface area contributed by atoms with Gasteiger partial charge in [-0.15, -0.1) is 0 Å². The van der Waals surface area contributed by atoms with Crippen molar-refractivity contribution in [2.75, 3.05) is 0 Å². The Bertz CT molecular complexity index is 614. The highest BCUT2D eigenvalue weighted by atomic mass is 35.5.